The van der Waals surface area contributed by atoms with E-state index in [0.29, 0.717) is 19.5 Å². The Hall–Kier alpha value is -2.47. The van der Waals surface area contributed by atoms with Crippen molar-refractivity contribution in [3.05, 3.63) is 65.2 Å². The van der Waals surface area contributed by atoms with E-state index in [1.165, 1.54) is 16.7 Å². The number of aryl methyl sites for hydroxylation is 3. The van der Waals surface area contributed by atoms with Crippen molar-refractivity contribution >= 4 is 29.4 Å². The van der Waals surface area contributed by atoms with Crippen LogP contribution in [0, 0.1) is 13.8 Å². The number of hydrogen-bond donors (Lipinski definition) is 1. The summed E-state index contributed by atoms with van der Waals surface area (Å²) in [5.74, 6) is 1.22. The summed E-state index contributed by atoms with van der Waals surface area (Å²) in [6.45, 7) is 6.28. The molecule has 0 aromatic heterocycles. The number of urea groups is 1. The van der Waals surface area contributed by atoms with E-state index in [2.05, 4.69) is 36.2 Å². The molecule has 2 aromatic rings. The molecule has 0 aliphatic carbocycles. The quantitative estimate of drug-likeness (QED) is 0.745. The zero-order chi connectivity index (χ0) is 21.8. The fourth-order valence-corrected chi connectivity index (χ4v) is 5.96. The number of rotatable bonds is 4. The smallest absolute Gasteiger partial charge is 0.321 e. The standard InChI is InChI=1S/C25H31N3O2S/c1-19-8-10-22(18-20(19)2)26-24(30)27-14-12-25(13-15-27)28(16-17-31-25)23(29)11-9-21-6-4-3-5-7-21/h3-8,10,18H,9,11-17H2,1-2H3,(H,26,30). The van der Waals surface area contributed by atoms with Crippen molar-refractivity contribution in [3.8, 4) is 0 Å². The monoisotopic (exact) mass is 437 g/mol. The first kappa shape index (κ1) is 21.8. The van der Waals surface area contributed by atoms with E-state index in [1.54, 1.807) is 0 Å². The summed E-state index contributed by atoms with van der Waals surface area (Å²) in [6, 6.07) is 16.1. The minimum atomic E-state index is -0.148. The molecule has 0 saturated carbocycles. The van der Waals surface area contributed by atoms with Crippen LogP contribution < -0.4 is 5.32 Å². The molecule has 164 valence electrons. The highest BCUT2D eigenvalue weighted by Crippen LogP contribution is 2.44. The average Bonchev–Trinajstić information content (AvgIpc) is 3.18. The van der Waals surface area contributed by atoms with E-state index < -0.39 is 0 Å². The maximum atomic E-state index is 13.0. The molecule has 1 spiro atoms. The number of piperidine rings is 1. The summed E-state index contributed by atoms with van der Waals surface area (Å²) in [5, 5.41) is 3.03. The van der Waals surface area contributed by atoms with Gasteiger partial charge in [0, 0.05) is 37.5 Å². The largest absolute Gasteiger partial charge is 0.327 e. The molecule has 3 amide bonds. The second kappa shape index (κ2) is 9.35. The summed E-state index contributed by atoms with van der Waals surface area (Å²) in [4.78, 5) is 29.6. The number of nitrogens with zero attached hydrogens (tertiary/aromatic N) is 2. The first-order chi connectivity index (χ1) is 15.0. The Kier molecular flexibility index (Phi) is 6.56. The molecule has 0 radical (unpaired) electrons. The highest BCUT2D eigenvalue weighted by Gasteiger charge is 2.46. The molecular weight excluding hydrogens is 406 g/mol. The van der Waals surface area contributed by atoms with Crippen molar-refractivity contribution in [1.29, 1.82) is 0 Å². The average molecular weight is 438 g/mol. The van der Waals surface area contributed by atoms with Gasteiger partial charge in [-0.15, -0.1) is 11.8 Å². The Balaban J connectivity index is 1.33. The van der Waals surface area contributed by atoms with Crippen LogP contribution in [0.2, 0.25) is 0 Å². The van der Waals surface area contributed by atoms with Crippen LogP contribution >= 0.6 is 11.8 Å². The molecule has 0 unspecified atom stereocenters. The third-order valence-electron chi connectivity index (χ3n) is 6.54. The predicted octanol–water partition coefficient (Wildman–Crippen LogP) is 4.84. The van der Waals surface area contributed by atoms with E-state index >= 15 is 0 Å². The number of anilines is 1. The lowest BCUT2D eigenvalue weighted by Gasteiger charge is -2.44. The second-order valence-electron chi connectivity index (χ2n) is 8.54. The molecule has 2 aromatic carbocycles. The van der Waals surface area contributed by atoms with Gasteiger partial charge in [0.25, 0.3) is 0 Å². The van der Waals surface area contributed by atoms with Crippen LogP contribution in [0.25, 0.3) is 0 Å². The zero-order valence-corrected chi connectivity index (χ0v) is 19.2. The molecular formula is C25H31N3O2S. The molecule has 5 nitrogen and oxygen atoms in total. The Morgan fingerprint density at radius 3 is 2.45 bits per heavy atom. The lowest BCUT2D eigenvalue weighted by molar-refractivity contribution is -0.134. The van der Waals surface area contributed by atoms with Gasteiger partial charge in [0.2, 0.25) is 5.91 Å². The third-order valence-corrected chi connectivity index (χ3v) is 8.09. The second-order valence-corrected chi connectivity index (χ2v) is 10.00. The maximum Gasteiger partial charge on any atom is 0.321 e. The fourth-order valence-electron chi connectivity index (χ4n) is 4.49. The summed E-state index contributed by atoms with van der Waals surface area (Å²) in [6.07, 6.45) is 2.98. The Labute approximate surface area is 189 Å². The molecule has 4 rings (SSSR count). The third kappa shape index (κ3) is 4.90. The Morgan fingerprint density at radius 1 is 1.00 bits per heavy atom. The summed E-state index contributed by atoms with van der Waals surface area (Å²) < 4.78 is 0. The minimum absolute atomic E-state index is 0.0527. The Bertz CT molecular complexity index is 939. The van der Waals surface area contributed by atoms with Crippen molar-refractivity contribution in [2.75, 3.05) is 30.7 Å². The highest BCUT2D eigenvalue weighted by atomic mass is 32.2. The molecule has 2 heterocycles. The van der Waals surface area contributed by atoms with Gasteiger partial charge in [-0.25, -0.2) is 4.79 Å². The van der Waals surface area contributed by atoms with Gasteiger partial charge >= 0.3 is 6.03 Å². The normalized spacial score (nSPS) is 17.7. The number of thioether (sulfide) groups is 1. The first-order valence-corrected chi connectivity index (χ1v) is 12.1. The molecule has 31 heavy (non-hydrogen) atoms. The number of likely N-dealkylation sites (tertiary alicyclic amines) is 1. The number of hydrogen-bond acceptors (Lipinski definition) is 3. The van der Waals surface area contributed by atoms with Crippen LogP contribution in [0.5, 0.6) is 0 Å². The van der Waals surface area contributed by atoms with E-state index in [9.17, 15) is 9.59 Å². The van der Waals surface area contributed by atoms with Crippen molar-refractivity contribution in [2.45, 2.75) is 44.4 Å². The van der Waals surface area contributed by atoms with Gasteiger partial charge in [0.15, 0.2) is 0 Å². The first-order valence-electron chi connectivity index (χ1n) is 11.1. The van der Waals surface area contributed by atoms with E-state index in [1.807, 2.05) is 53.1 Å². The van der Waals surface area contributed by atoms with Gasteiger partial charge in [0.05, 0.1) is 4.87 Å². The van der Waals surface area contributed by atoms with Gasteiger partial charge in [-0.3, -0.25) is 4.79 Å². The molecule has 2 fully saturated rings. The lowest BCUT2D eigenvalue weighted by Crippen LogP contribution is -2.54. The topological polar surface area (TPSA) is 52.7 Å². The summed E-state index contributed by atoms with van der Waals surface area (Å²) in [7, 11) is 0. The van der Waals surface area contributed by atoms with Gasteiger partial charge in [-0.05, 0) is 61.9 Å². The number of carbonyl (C=O) groups is 2. The van der Waals surface area contributed by atoms with Crippen molar-refractivity contribution in [2.24, 2.45) is 0 Å². The molecule has 1 N–H and O–H groups in total. The van der Waals surface area contributed by atoms with Crippen LogP contribution in [-0.4, -0.2) is 52.0 Å². The van der Waals surface area contributed by atoms with E-state index in [-0.39, 0.29) is 16.8 Å². The van der Waals surface area contributed by atoms with Crippen LogP contribution in [-0.2, 0) is 11.2 Å². The maximum absolute atomic E-state index is 13.0. The molecule has 2 saturated heterocycles. The molecule has 0 bridgehead atoms. The summed E-state index contributed by atoms with van der Waals surface area (Å²) >= 11 is 1.89. The number of nitrogens with one attached hydrogen (secondary N) is 1. The van der Waals surface area contributed by atoms with Crippen LogP contribution in [0.4, 0.5) is 10.5 Å². The van der Waals surface area contributed by atoms with Crippen molar-refractivity contribution in [3.63, 3.8) is 0 Å². The van der Waals surface area contributed by atoms with Crippen LogP contribution in [0.15, 0.2) is 48.5 Å². The van der Waals surface area contributed by atoms with E-state index in [4.69, 9.17) is 0 Å². The van der Waals surface area contributed by atoms with Crippen molar-refractivity contribution in [1.82, 2.24) is 9.80 Å². The lowest BCUT2D eigenvalue weighted by atomic mass is 10.0. The van der Waals surface area contributed by atoms with Gasteiger partial charge < -0.3 is 15.1 Å². The number of carbonyl (C=O) groups excluding carboxylic acids is 2. The highest BCUT2D eigenvalue weighted by molar-refractivity contribution is 8.00. The van der Waals surface area contributed by atoms with Gasteiger partial charge in [0.1, 0.15) is 0 Å². The van der Waals surface area contributed by atoms with Gasteiger partial charge in [-0.1, -0.05) is 36.4 Å². The minimum Gasteiger partial charge on any atom is -0.327 e. The molecule has 6 heteroatoms. The van der Waals surface area contributed by atoms with Gasteiger partial charge in [-0.2, -0.15) is 0 Å². The van der Waals surface area contributed by atoms with Crippen molar-refractivity contribution < 1.29 is 9.59 Å². The summed E-state index contributed by atoms with van der Waals surface area (Å²) in [5.41, 5.74) is 4.42. The number of amides is 3. The Morgan fingerprint density at radius 2 is 1.74 bits per heavy atom. The molecule has 2 aliphatic rings. The SMILES string of the molecule is Cc1ccc(NC(=O)N2CCC3(CC2)SCCN3C(=O)CCc2ccccc2)cc1C. The van der Waals surface area contributed by atoms with E-state index in [0.717, 1.165) is 37.2 Å². The predicted molar refractivity (Wildman–Crippen MR) is 127 cm³/mol. The fraction of sp³-hybridized carbons (Fsp3) is 0.440. The molecule has 2 aliphatic heterocycles. The van der Waals surface area contributed by atoms with Crippen LogP contribution in [0.1, 0.15) is 36.0 Å². The zero-order valence-electron chi connectivity index (χ0n) is 18.4. The molecule has 0 atom stereocenters. The van der Waals surface area contributed by atoms with Crippen LogP contribution in [0.3, 0.4) is 0 Å². The number of benzene rings is 2.